The molecule has 2 fully saturated rings. The molecule has 2 aliphatic carbocycles. The molecule has 1 nitrogen and oxygen atoms in total. The van der Waals surface area contributed by atoms with Crippen LogP contribution in [0.15, 0.2) is 0 Å². The summed E-state index contributed by atoms with van der Waals surface area (Å²) in [5, 5.41) is 8.83. The highest BCUT2D eigenvalue weighted by atomic mass is 14.4. The van der Waals surface area contributed by atoms with Crippen LogP contribution in [0.25, 0.3) is 0 Å². The molecule has 0 heterocycles. The fraction of sp³-hybridized carbons (Fsp3) is 0.958. The summed E-state index contributed by atoms with van der Waals surface area (Å²) < 4.78 is 0. The van der Waals surface area contributed by atoms with Crippen LogP contribution < -0.4 is 0 Å². The summed E-state index contributed by atoms with van der Waals surface area (Å²) in [4.78, 5) is 0. The molecule has 25 heavy (non-hydrogen) atoms. The summed E-state index contributed by atoms with van der Waals surface area (Å²) in [6.07, 6.45) is 28.2. The SMILES string of the molecule is CCCCCC1(CCC2(CCCCC#N)CCCCC2)CCCCC1. The topological polar surface area (TPSA) is 23.8 Å². The van der Waals surface area contributed by atoms with E-state index in [-0.39, 0.29) is 0 Å². The van der Waals surface area contributed by atoms with Crippen LogP contribution in [-0.2, 0) is 0 Å². The van der Waals surface area contributed by atoms with Crippen LogP contribution in [0.5, 0.6) is 0 Å². The number of nitriles is 1. The monoisotopic (exact) mass is 345 g/mol. The van der Waals surface area contributed by atoms with Crippen molar-refractivity contribution in [3.63, 3.8) is 0 Å². The molecule has 0 spiro atoms. The van der Waals surface area contributed by atoms with Crippen LogP contribution in [-0.4, -0.2) is 0 Å². The molecule has 2 aliphatic rings. The molecule has 0 aromatic rings. The molecule has 2 saturated carbocycles. The van der Waals surface area contributed by atoms with Crippen molar-refractivity contribution in [2.45, 2.75) is 135 Å². The van der Waals surface area contributed by atoms with E-state index in [1.54, 1.807) is 0 Å². The summed E-state index contributed by atoms with van der Waals surface area (Å²) in [7, 11) is 0. The highest BCUT2D eigenvalue weighted by Gasteiger charge is 2.37. The minimum Gasteiger partial charge on any atom is -0.198 e. The van der Waals surface area contributed by atoms with Crippen molar-refractivity contribution in [2.75, 3.05) is 0 Å². The average molecular weight is 346 g/mol. The van der Waals surface area contributed by atoms with E-state index in [1.165, 1.54) is 116 Å². The lowest BCUT2D eigenvalue weighted by molar-refractivity contribution is 0.0852. The van der Waals surface area contributed by atoms with E-state index in [4.69, 9.17) is 5.26 Å². The quantitative estimate of drug-likeness (QED) is 0.345. The molecule has 144 valence electrons. The van der Waals surface area contributed by atoms with Gasteiger partial charge in [-0.15, -0.1) is 0 Å². The number of rotatable bonds is 11. The zero-order chi connectivity index (χ0) is 17.8. The van der Waals surface area contributed by atoms with Crippen molar-refractivity contribution in [3.05, 3.63) is 0 Å². The van der Waals surface area contributed by atoms with Gasteiger partial charge in [-0.1, -0.05) is 71.1 Å². The smallest absolute Gasteiger partial charge is 0.0621 e. The van der Waals surface area contributed by atoms with Crippen molar-refractivity contribution < 1.29 is 0 Å². The molecule has 0 aromatic heterocycles. The fourth-order valence-corrected chi connectivity index (χ4v) is 5.84. The van der Waals surface area contributed by atoms with Gasteiger partial charge in [-0.25, -0.2) is 0 Å². The van der Waals surface area contributed by atoms with Gasteiger partial charge in [0.25, 0.3) is 0 Å². The Kier molecular flexibility index (Phi) is 9.36. The van der Waals surface area contributed by atoms with Gasteiger partial charge in [-0.3, -0.25) is 0 Å². The van der Waals surface area contributed by atoms with E-state index >= 15 is 0 Å². The van der Waals surface area contributed by atoms with E-state index < -0.39 is 0 Å². The van der Waals surface area contributed by atoms with Gasteiger partial charge >= 0.3 is 0 Å². The van der Waals surface area contributed by atoms with E-state index in [1.807, 2.05) is 0 Å². The normalized spacial score (nSPS) is 22.4. The van der Waals surface area contributed by atoms with Crippen molar-refractivity contribution in [3.8, 4) is 6.07 Å². The van der Waals surface area contributed by atoms with Gasteiger partial charge in [0.2, 0.25) is 0 Å². The second kappa shape index (κ2) is 11.3. The van der Waals surface area contributed by atoms with E-state index in [2.05, 4.69) is 13.0 Å². The van der Waals surface area contributed by atoms with Crippen LogP contribution >= 0.6 is 0 Å². The van der Waals surface area contributed by atoms with Crippen molar-refractivity contribution >= 4 is 0 Å². The summed E-state index contributed by atoms with van der Waals surface area (Å²) in [5.74, 6) is 0. The number of hydrogen-bond acceptors (Lipinski definition) is 1. The Labute approximate surface area is 158 Å². The van der Waals surface area contributed by atoms with Gasteiger partial charge in [0.05, 0.1) is 6.07 Å². The maximum Gasteiger partial charge on any atom is 0.0621 e. The largest absolute Gasteiger partial charge is 0.198 e. The first-order chi connectivity index (χ1) is 12.2. The number of unbranched alkanes of at least 4 members (excludes halogenated alkanes) is 4. The van der Waals surface area contributed by atoms with Crippen LogP contribution in [0, 0.1) is 22.2 Å². The van der Waals surface area contributed by atoms with Crippen molar-refractivity contribution in [1.29, 1.82) is 5.26 Å². The van der Waals surface area contributed by atoms with E-state index in [0.29, 0.717) is 10.8 Å². The van der Waals surface area contributed by atoms with Crippen molar-refractivity contribution in [2.24, 2.45) is 10.8 Å². The highest BCUT2D eigenvalue weighted by Crippen LogP contribution is 2.51. The third kappa shape index (κ3) is 6.96. The molecule has 0 radical (unpaired) electrons. The first-order valence-electron chi connectivity index (χ1n) is 11.6. The molecule has 0 N–H and O–H groups in total. The Morgan fingerprint density at radius 2 is 1.12 bits per heavy atom. The molecule has 0 aliphatic heterocycles. The molecular formula is C24H43N. The third-order valence-corrected chi connectivity index (χ3v) is 7.57. The standard InChI is InChI=1S/C24H43N/c1-2-3-7-14-23(15-8-4-9-16-23)20-21-24(17-10-5-11-18-24)19-12-6-13-22-25/h2-21H2,1H3. The lowest BCUT2D eigenvalue weighted by Gasteiger charge is -2.44. The minimum atomic E-state index is 0.642. The molecule has 0 unspecified atom stereocenters. The van der Waals surface area contributed by atoms with Gasteiger partial charge in [-0.05, 0) is 68.6 Å². The van der Waals surface area contributed by atoms with E-state index in [0.717, 1.165) is 12.8 Å². The molecule has 0 bridgehead atoms. The Balaban J connectivity index is 1.91. The molecular weight excluding hydrogens is 302 g/mol. The second-order valence-corrected chi connectivity index (χ2v) is 9.44. The predicted molar refractivity (Wildman–Crippen MR) is 108 cm³/mol. The van der Waals surface area contributed by atoms with Gasteiger partial charge in [0.15, 0.2) is 0 Å². The first-order valence-corrected chi connectivity index (χ1v) is 11.6. The van der Waals surface area contributed by atoms with Crippen LogP contribution in [0.1, 0.15) is 135 Å². The maximum atomic E-state index is 8.83. The average Bonchev–Trinajstić information content (AvgIpc) is 2.66. The molecule has 0 saturated heterocycles. The Hall–Kier alpha value is -0.510. The lowest BCUT2D eigenvalue weighted by atomic mass is 9.62. The molecule has 2 rings (SSSR count). The number of hydrogen-bond donors (Lipinski definition) is 0. The second-order valence-electron chi connectivity index (χ2n) is 9.44. The van der Waals surface area contributed by atoms with Crippen molar-refractivity contribution in [1.82, 2.24) is 0 Å². The predicted octanol–water partition coefficient (Wildman–Crippen LogP) is 8.33. The summed E-state index contributed by atoms with van der Waals surface area (Å²) >= 11 is 0. The zero-order valence-electron chi connectivity index (χ0n) is 17.1. The summed E-state index contributed by atoms with van der Waals surface area (Å²) in [5.41, 5.74) is 1.34. The Bertz CT molecular complexity index is 379. The van der Waals surface area contributed by atoms with Gasteiger partial charge in [0.1, 0.15) is 0 Å². The lowest BCUT2D eigenvalue weighted by Crippen LogP contribution is -2.30. The first kappa shape index (κ1) is 20.8. The third-order valence-electron chi connectivity index (χ3n) is 7.57. The van der Waals surface area contributed by atoms with Gasteiger partial charge < -0.3 is 0 Å². The van der Waals surface area contributed by atoms with Gasteiger partial charge in [0, 0.05) is 6.42 Å². The zero-order valence-corrected chi connectivity index (χ0v) is 17.1. The van der Waals surface area contributed by atoms with Crippen LogP contribution in [0.2, 0.25) is 0 Å². The van der Waals surface area contributed by atoms with E-state index in [9.17, 15) is 0 Å². The minimum absolute atomic E-state index is 0.642. The highest BCUT2D eigenvalue weighted by molar-refractivity contribution is 4.89. The fourth-order valence-electron chi connectivity index (χ4n) is 5.84. The molecule has 0 amide bonds. The van der Waals surface area contributed by atoms with Crippen LogP contribution in [0.3, 0.4) is 0 Å². The molecule has 0 aromatic carbocycles. The maximum absolute atomic E-state index is 8.83. The molecule has 0 atom stereocenters. The van der Waals surface area contributed by atoms with Crippen LogP contribution in [0.4, 0.5) is 0 Å². The van der Waals surface area contributed by atoms with Gasteiger partial charge in [-0.2, -0.15) is 5.26 Å². The summed E-state index contributed by atoms with van der Waals surface area (Å²) in [6.45, 7) is 2.34. The number of nitrogens with zero attached hydrogens (tertiary/aromatic N) is 1. The Morgan fingerprint density at radius 1 is 0.640 bits per heavy atom. The summed E-state index contributed by atoms with van der Waals surface area (Å²) in [6, 6.07) is 2.34. The Morgan fingerprint density at radius 3 is 1.56 bits per heavy atom. The molecule has 1 heteroatoms.